The lowest BCUT2D eigenvalue weighted by Gasteiger charge is -2.13. The number of amides is 1. The van der Waals surface area contributed by atoms with E-state index in [-0.39, 0.29) is 18.0 Å². The molecular formula is C23H24FN3O4. The summed E-state index contributed by atoms with van der Waals surface area (Å²) in [5.41, 5.74) is 1.70. The van der Waals surface area contributed by atoms with Crippen molar-refractivity contribution in [3.05, 3.63) is 76.0 Å². The van der Waals surface area contributed by atoms with Crippen molar-refractivity contribution in [1.29, 1.82) is 0 Å². The van der Waals surface area contributed by atoms with E-state index < -0.39 is 5.82 Å². The van der Waals surface area contributed by atoms with Crippen molar-refractivity contribution in [3.63, 3.8) is 0 Å². The predicted molar refractivity (Wildman–Crippen MR) is 115 cm³/mol. The zero-order chi connectivity index (χ0) is 22.4. The van der Waals surface area contributed by atoms with Crippen molar-refractivity contribution in [3.8, 4) is 22.9 Å². The van der Waals surface area contributed by atoms with Crippen LogP contribution in [0.5, 0.6) is 11.5 Å². The van der Waals surface area contributed by atoms with Crippen LogP contribution in [0.1, 0.15) is 11.3 Å². The zero-order valence-corrected chi connectivity index (χ0v) is 17.6. The van der Waals surface area contributed by atoms with Gasteiger partial charge in [0.15, 0.2) is 11.5 Å². The second kappa shape index (κ2) is 9.88. The summed E-state index contributed by atoms with van der Waals surface area (Å²) in [7, 11) is 3.13. The van der Waals surface area contributed by atoms with Crippen LogP contribution < -0.4 is 20.3 Å². The minimum Gasteiger partial charge on any atom is -0.493 e. The molecule has 7 nitrogen and oxygen atoms in total. The monoisotopic (exact) mass is 425 g/mol. The Bertz CT molecular complexity index is 1130. The van der Waals surface area contributed by atoms with Crippen LogP contribution in [-0.4, -0.2) is 36.2 Å². The molecule has 3 aromatic rings. The maximum absolute atomic E-state index is 13.3. The van der Waals surface area contributed by atoms with Crippen LogP contribution in [0.25, 0.3) is 11.4 Å². The third-order valence-electron chi connectivity index (χ3n) is 4.72. The van der Waals surface area contributed by atoms with Crippen molar-refractivity contribution in [1.82, 2.24) is 14.9 Å². The van der Waals surface area contributed by atoms with Crippen molar-refractivity contribution >= 4 is 5.91 Å². The highest BCUT2D eigenvalue weighted by Crippen LogP contribution is 2.27. The predicted octanol–water partition coefficient (Wildman–Crippen LogP) is 2.73. The molecule has 1 heterocycles. The maximum atomic E-state index is 13.3. The standard InChI is InChI=1S/C23H24FN3O4/c1-15-12-22(29)27(23(26-15)17-5-7-18(24)8-6-17)14-21(28)25-11-10-16-4-9-19(30-2)20(13-16)31-3/h4-9,12-13H,10-11,14H2,1-3H3,(H,25,28). The number of halogens is 1. The highest BCUT2D eigenvalue weighted by atomic mass is 19.1. The lowest BCUT2D eigenvalue weighted by Crippen LogP contribution is -2.34. The molecule has 3 rings (SSSR count). The van der Waals surface area contributed by atoms with E-state index in [4.69, 9.17) is 9.47 Å². The number of aromatic nitrogens is 2. The summed E-state index contributed by atoms with van der Waals surface area (Å²) in [6, 6.07) is 12.6. The van der Waals surface area contributed by atoms with Crippen molar-refractivity contribution in [2.45, 2.75) is 19.9 Å². The quantitative estimate of drug-likeness (QED) is 0.600. The molecule has 0 saturated heterocycles. The molecule has 0 radical (unpaired) electrons. The first kappa shape index (κ1) is 22.0. The zero-order valence-electron chi connectivity index (χ0n) is 17.6. The van der Waals surface area contributed by atoms with Gasteiger partial charge >= 0.3 is 0 Å². The SMILES string of the molecule is COc1ccc(CCNC(=O)Cn2c(-c3ccc(F)cc3)nc(C)cc2=O)cc1OC. The van der Waals surface area contributed by atoms with E-state index in [2.05, 4.69) is 10.3 Å². The number of ether oxygens (including phenoxy) is 2. The van der Waals surface area contributed by atoms with Gasteiger partial charge in [0.05, 0.1) is 14.2 Å². The van der Waals surface area contributed by atoms with Gasteiger partial charge < -0.3 is 14.8 Å². The van der Waals surface area contributed by atoms with Crippen molar-refractivity contribution < 1.29 is 18.7 Å². The van der Waals surface area contributed by atoms with Gasteiger partial charge in [-0.05, 0) is 55.3 Å². The molecule has 0 aliphatic carbocycles. The number of nitrogens with zero attached hydrogens (tertiary/aromatic N) is 2. The first-order valence-electron chi connectivity index (χ1n) is 9.73. The van der Waals surface area contributed by atoms with Crippen LogP contribution in [0.4, 0.5) is 4.39 Å². The van der Waals surface area contributed by atoms with Gasteiger partial charge in [-0.2, -0.15) is 0 Å². The third-order valence-corrected chi connectivity index (χ3v) is 4.72. The summed E-state index contributed by atoms with van der Waals surface area (Å²) < 4.78 is 25.1. The fourth-order valence-corrected chi connectivity index (χ4v) is 3.17. The first-order valence-corrected chi connectivity index (χ1v) is 9.73. The Morgan fingerprint density at radius 3 is 2.45 bits per heavy atom. The molecule has 31 heavy (non-hydrogen) atoms. The van der Waals surface area contributed by atoms with Gasteiger partial charge in [0, 0.05) is 23.9 Å². The van der Waals surface area contributed by atoms with Gasteiger partial charge in [0.1, 0.15) is 18.2 Å². The summed E-state index contributed by atoms with van der Waals surface area (Å²) in [5, 5.41) is 2.82. The number of nitrogens with one attached hydrogen (secondary N) is 1. The molecule has 0 spiro atoms. The molecule has 1 aromatic heterocycles. The molecule has 0 fully saturated rings. The Labute approximate surface area is 179 Å². The minimum atomic E-state index is -0.391. The average Bonchev–Trinajstić information content (AvgIpc) is 2.76. The van der Waals surface area contributed by atoms with Crippen LogP contribution >= 0.6 is 0 Å². The van der Waals surface area contributed by atoms with Gasteiger partial charge in [-0.15, -0.1) is 0 Å². The van der Waals surface area contributed by atoms with E-state index in [9.17, 15) is 14.0 Å². The summed E-state index contributed by atoms with van der Waals surface area (Å²) in [6.45, 7) is 1.89. The molecule has 0 saturated carbocycles. The number of hydrogen-bond acceptors (Lipinski definition) is 5. The first-order chi connectivity index (χ1) is 14.9. The van der Waals surface area contributed by atoms with Crippen LogP contribution in [-0.2, 0) is 17.8 Å². The molecule has 0 bridgehead atoms. The number of hydrogen-bond donors (Lipinski definition) is 1. The Hall–Kier alpha value is -3.68. The van der Waals surface area contributed by atoms with E-state index in [1.54, 1.807) is 21.1 Å². The second-order valence-corrected chi connectivity index (χ2v) is 6.94. The van der Waals surface area contributed by atoms with E-state index >= 15 is 0 Å². The van der Waals surface area contributed by atoms with E-state index in [1.165, 1.54) is 34.9 Å². The van der Waals surface area contributed by atoms with E-state index in [0.717, 1.165) is 5.56 Å². The highest BCUT2D eigenvalue weighted by molar-refractivity contribution is 5.76. The number of carbonyl (C=O) groups is 1. The average molecular weight is 425 g/mol. The molecule has 2 aromatic carbocycles. The Balaban J connectivity index is 1.69. The van der Waals surface area contributed by atoms with Gasteiger partial charge in [-0.1, -0.05) is 6.07 Å². The molecule has 1 N–H and O–H groups in total. The second-order valence-electron chi connectivity index (χ2n) is 6.94. The third kappa shape index (κ3) is 5.48. The fourth-order valence-electron chi connectivity index (χ4n) is 3.17. The lowest BCUT2D eigenvalue weighted by atomic mass is 10.1. The number of methoxy groups -OCH3 is 2. The smallest absolute Gasteiger partial charge is 0.254 e. The van der Waals surface area contributed by atoms with Crippen LogP contribution in [0.3, 0.4) is 0 Å². The lowest BCUT2D eigenvalue weighted by molar-refractivity contribution is -0.121. The molecule has 0 atom stereocenters. The number of carbonyl (C=O) groups excluding carboxylic acids is 1. The maximum Gasteiger partial charge on any atom is 0.254 e. The van der Waals surface area contributed by atoms with Crippen LogP contribution in [0.15, 0.2) is 53.3 Å². The molecule has 0 aliphatic rings. The highest BCUT2D eigenvalue weighted by Gasteiger charge is 2.13. The van der Waals surface area contributed by atoms with Gasteiger partial charge in [-0.25, -0.2) is 9.37 Å². The number of rotatable bonds is 8. The summed E-state index contributed by atoms with van der Waals surface area (Å²) in [5.74, 6) is 0.859. The van der Waals surface area contributed by atoms with Crippen LogP contribution in [0, 0.1) is 12.7 Å². The molecule has 8 heteroatoms. The summed E-state index contributed by atoms with van der Waals surface area (Å²) in [6.07, 6.45) is 0.581. The van der Waals surface area contributed by atoms with Gasteiger partial charge in [0.25, 0.3) is 5.56 Å². The molecular weight excluding hydrogens is 401 g/mol. The number of aryl methyl sites for hydroxylation is 1. The molecule has 162 valence electrons. The number of benzene rings is 2. The fraction of sp³-hybridized carbons (Fsp3) is 0.261. The van der Waals surface area contributed by atoms with Gasteiger partial charge in [0.2, 0.25) is 5.91 Å². The topological polar surface area (TPSA) is 82.5 Å². The molecule has 0 unspecified atom stereocenters. The van der Waals surface area contributed by atoms with Crippen molar-refractivity contribution in [2.75, 3.05) is 20.8 Å². The van der Waals surface area contributed by atoms with Crippen LogP contribution in [0.2, 0.25) is 0 Å². The Morgan fingerprint density at radius 1 is 1.06 bits per heavy atom. The van der Waals surface area contributed by atoms with E-state index in [0.29, 0.717) is 41.5 Å². The van der Waals surface area contributed by atoms with E-state index in [1.807, 2.05) is 18.2 Å². The molecule has 1 amide bonds. The Morgan fingerprint density at radius 2 is 1.77 bits per heavy atom. The normalized spacial score (nSPS) is 10.6. The van der Waals surface area contributed by atoms with Crippen molar-refractivity contribution in [2.24, 2.45) is 0 Å². The summed E-state index contributed by atoms with van der Waals surface area (Å²) in [4.78, 5) is 29.4. The molecule has 0 aliphatic heterocycles. The Kier molecular flexibility index (Phi) is 7.02. The largest absolute Gasteiger partial charge is 0.493 e. The van der Waals surface area contributed by atoms with Gasteiger partial charge in [-0.3, -0.25) is 14.2 Å². The summed E-state index contributed by atoms with van der Waals surface area (Å²) >= 11 is 0. The minimum absolute atomic E-state index is 0.190.